The number of carbonyl (C=O) groups is 2. The smallest absolute Gasteiger partial charge is 0.352 e. The Balaban J connectivity index is 2.33. The van der Waals surface area contributed by atoms with E-state index in [1.54, 1.807) is 61.5 Å². The van der Waals surface area contributed by atoms with Crippen LogP contribution in [0, 0.1) is 0 Å². The first-order valence-electron chi connectivity index (χ1n) is 6.55. The molecule has 2 N–H and O–H groups in total. The van der Waals surface area contributed by atoms with Crippen molar-refractivity contribution in [2.24, 2.45) is 0 Å². The largest absolute Gasteiger partial charge is 0.477 e. The summed E-state index contributed by atoms with van der Waals surface area (Å²) in [7, 11) is 0. The molecular weight excluding hydrogens is 302 g/mol. The number of amides is 1. The topological polar surface area (TPSA) is 66.4 Å². The van der Waals surface area contributed by atoms with E-state index in [4.69, 9.17) is 11.6 Å². The first kappa shape index (κ1) is 15.8. The number of carboxylic acids is 1. The van der Waals surface area contributed by atoms with E-state index in [-0.39, 0.29) is 5.70 Å². The monoisotopic (exact) mass is 315 g/mol. The highest BCUT2D eigenvalue weighted by Crippen LogP contribution is 2.20. The van der Waals surface area contributed by atoms with Crippen LogP contribution in [0.25, 0.3) is 5.57 Å². The van der Waals surface area contributed by atoms with Crippen molar-refractivity contribution < 1.29 is 14.7 Å². The average Bonchev–Trinajstić information content (AvgIpc) is 2.53. The second-order valence-electron chi connectivity index (χ2n) is 4.63. The van der Waals surface area contributed by atoms with Crippen LogP contribution < -0.4 is 5.32 Å². The van der Waals surface area contributed by atoms with Crippen molar-refractivity contribution in [1.82, 2.24) is 5.32 Å². The number of allylic oxidation sites excluding steroid dienone is 1. The van der Waals surface area contributed by atoms with Gasteiger partial charge in [0, 0.05) is 10.6 Å². The molecule has 2 aromatic rings. The molecule has 0 aliphatic carbocycles. The van der Waals surface area contributed by atoms with E-state index < -0.39 is 11.9 Å². The molecule has 0 aromatic heterocycles. The van der Waals surface area contributed by atoms with Gasteiger partial charge in [0.15, 0.2) is 0 Å². The van der Waals surface area contributed by atoms with Gasteiger partial charge in [-0.25, -0.2) is 4.79 Å². The summed E-state index contributed by atoms with van der Waals surface area (Å²) < 4.78 is 0. The predicted molar refractivity (Wildman–Crippen MR) is 85.6 cm³/mol. The molecule has 1 amide bonds. The molecule has 0 fully saturated rings. The number of hydrogen-bond donors (Lipinski definition) is 2. The zero-order chi connectivity index (χ0) is 16.1. The van der Waals surface area contributed by atoms with Crippen molar-refractivity contribution in [3.05, 3.63) is 76.4 Å². The lowest BCUT2D eigenvalue weighted by Crippen LogP contribution is -2.28. The van der Waals surface area contributed by atoms with E-state index in [0.29, 0.717) is 21.7 Å². The van der Waals surface area contributed by atoms with Gasteiger partial charge in [0.1, 0.15) is 5.70 Å². The molecule has 0 aliphatic rings. The Morgan fingerprint density at radius 2 is 1.55 bits per heavy atom. The van der Waals surface area contributed by atoms with Crippen molar-refractivity contribution in [3.8, 4) is 0 Å². The minimum absolute atomic E-state index is 0.156. The summed E-state index contributed by atoms with van der Waals surface area (Å²) in [4.78, 5) is 23.6. The van der Waals surface area contributed by atoms with Crippen LogP contribution in [0.1, 0.15) is 22.8 Å². The molecule has 0 bridgehead atoms. The van der Waals surface area contributed by atoms with Gasteiger partial charge in [-0.3, -0.25) is 4.79 Å². The van der Waals surface area contributed by atoms with Gasteiger partial charge < -0.3 is 10.4 Å². The molecule has 2 rings (SSSR count). The Morgan fingerprint density at radius 3 is 2.09 bits per heavy atom. The van der Waals surface area contributed by atoms with E-state index in [0.717, 1.165) is 0 Å². The first-order chi connectivity index (χ1) is 10.5. The number of nitrogens with one attached hydrogen (secondary N) is 1. The van der Waals surface area contributed by atoms with Crippen molar-refractivity contribution in [2.75, 3.05) is 0 Å². The maximum atomic E-state index is 12.1. The Labute approximate surface area is 133 Å². The first-order valence-corrected chi connectivity index (χ1v) is 6.93. The number of carboxylic acid groups (broad SMARTS) is 1. The summed E-state index contributed by atoms with van der Waals surface area (Å²) in [6.07, 6.45) is 0. The van der Waals surface area contributed by atoms with Gasteiger partial charge >= 0.3 is 5.97 Å². The van der Waals surface area contributed by atoms with Gasteiger partial charge in [0.05, 0.1) is 0 Å². The highest BCUT2D eigenvalue weighted by molar-refractivity contribution is 6.30. The van der Waals surface area contributed by atoms with Crippen LogP contribution in [0.2, 0.25) is 5.02 Å². The summed E-state index contributed by atoms with van der Waals surface area (Å²) >= 11 is 5.82. The number of hydrogen-bond acceptors (Lipinski definition) is 2. The molecule has 0 spiro atoms. The lowest BCUT2D eigenvalue weighted by molar-refractivity contribution is -0.132. The molecule has 4 nitrogen and oxygen atoms in total. The molecule has 0 aliphatic heterocycles. The van der Waals surface area contributed by atoms with Crippen molar-refractivity contribution in [1.29, 1.82) is 0 Å². The van der Waals surface area contributed by atoms with Crippen LogP contribution in [0.15, 0.2) is 60.3 Å². The minimum atomic E-state index is -1.20. The Morgan fingerprint density at radius 1 is 0.955 bits per heavy atom. The van der Waals surface area contributed by atoms with E-state index in [2.05, 4.69) is 5.32 Å². The molecule has 22 heavy (non-hydrogen) atoms. The van der Waals surface area contributed by atoms with Gasteiger partial charge in [0.25, 0.3) is 5.91 Å². The molecule has 0 atom stereocenters. The van der Waals surface area contributed by atoms with Gasteiger partial charge in [-0.05, 0) is 42.3 Å². The minimum Gasteiger partial charge on any atom is -0.477 e. The van der Waals surface area contributed by atoms with Gasteiger partial charge in [-0.15, -0.1) is 0 Å². The Hall–Kier alpha value is -2.59. The van der Waals surface area contributed by atoms with E-state index in [9.17, 15) is 14.7 Å². The summed E-state index contributed by atoms with van der Waals surface area (Å²) in [5.74, 6) is -1.66. The maximum Gasteiger partial charge on any atom is 0.352 e. The zero-order valence-corrected chi connectivity index (χ0v) is 12.6. The lowest BCUT2D eigenvalue weighted by Gasteiger charge is -2.11. The second-order valence-corrected chi connectivity index (χ2v) is 5.07. The molecule has 0 unspecified atom stereocenters. The number of aliphatic carboxylic acids is 1. The molecule has 0 saturated carbocycles. The van der Waals surface area contributed by atoms with Gasteiger partial charge in [-0.1, -0.05) is 41.9 Å². The van der Waals surface area contributed by atoms with Gasteiger partial charge in [0.2, 0.25) is 0 Å². The van der Waals surface area contributed by atoms with E-state index in [1.165, 1.54) is 0 Å². The fourth-order valence-electron chi connectivity index (χ4n) is 1.93. The van der Waals surface area contributed by atoms with Crippen LogP contribution in [-0.2, 0) is 4.79 Å². The predicted octanol–water partition coefficient (Wildman–Crippen LogP) is 3.59. The third-order valence-electron chi connectivity index (χ3n) is 3.14. The summed E-state index contributed by atoms with van der Waals surface area (Å²) in [6.45, 7) is 1.64. The molecule has 2 aromatic carbocycles. The van der Waals surface area contributed by atoms with Crippen LogP contribution in [-0.4, -0.2) is 17.0 Å². The molecule has 0 radical (unpaired) electrons. The Kier molecular flexibility index (Phi) is 4.96. The van der Waals surface area contributed by atoms with Crippen molar-refractivity contribution >= 4 is 29.1 Å². The molecule has 5 heteroatoms. The number of benzene rings is 2. The highest BCUT2D eigenvalue weighted by atomic mass is 35.5. The Bertz CT molecular complexity index is 721. The fourth-order valence-corrected chi connectivity index (χ4v) is 2.05. The molecular formula is C17H14ClNO3. The zero-order valence-electron chi connectivity index (χ0n) is 11.8. The summed E-state index contributed by atoms with van der Waals surface area (Å²) in [5.41, 5.74) is 1.37. The summed E-state index contributed by atoms with van der Waals surface area (Å²) in [5, 5.41) is 12.4. The molecule has 0 saturated heterocycles. The third-order valence-corrected chi connectivity index (χ3v) is 3.39. The van der Waals surface area contributed by atoms with Crippen LogP contribution >= 0.6 is 11.6 Å². The fraction of sp³-hybridized carbons (Fsp3) is 0.0588. The van der Waals surface area contributed by atoms with Crippen LogP contribution in [0.3, 0.4) is 0 Å². The second kappa shape index (κ2) is 6.91. The van der Waals surface area contributed by atoms with Crippen molar-refractivity contribution in [2.45, 2.75) is 6.92 Å². The van der Waals surface area contributed by atoms with Crippen LogP contribution in [0.4, 0.5) is 0 Å². The lowest BCUT2D eigenvalue weighted by atomic mass is 10.0. The third kappa shape index (κ3) is 3.74. The SMILES string of the molecule is C/C(=C(/NC(=O)c1ccccc1)C(=O)O)c1ccc(Cl)cc1. The van der Waals surface area contributed by atoms with Crippen LogP contribution in [0.5, 0.6) is 0 Å². The highest BCUT2D eigenvalue weighted by Gasteiger charge is 2.17. The average molecular weight is 316 g/mol. The van der Waals surface area contributed by atoms with E-state index in [1.807, 2.05) is 0 Å². The number of carbonyl (C=O) groups excluding carboxylic acids is 1. The quantitative estimate of drug-likeness (QED) is 0.847. The molecule has 0 heterocycles. The number of halogens is 1. The summed E-state index contributed by atoms with van der Waals surface area (Å²) in [6, 6.07) is 15.2. The standard InChI is InChI=1S/C17H14ClNO3/c1-11(12-7-9-14(18)10-8-12)15(17(21)22)19-16(20)13-5-3-2-4-6-13/h2-10H,1H3,(H,19,20)(H,21,22)/b15-11-. The van der Waals surface area contributed by atoms with E-state index >= 15 is 0 Å². The molecule has 112 valence electrons. The van der Waals surface area contributed by atoms with Gasteiger partial charge in [-0.2, -0.15) is 0 Å². The van der Waals surface area contributed by atoms with Crippen molar-refractivity contribution in [3.63, 3.8) is 0 Å². The number of rotatable bonds is 4. The maximum absolute atomic E-state index is 12.1. The normalized spacial score (nSPS) is 11.5.